The van der Waals surface area contributed by atoms with Crippen LogP contribution in [0.1, 0.15) is 5.56 Å². The van der Waals surface area contributed by atoms with E-state index in [9.17, 15) is 0 Å². The molecule has 0 aliphatic heterocycles. The number of nitrogens with two attached hydrogens (primary N) is 1. The lowest BCUT2D eigenvalue weighted by Gasteiger charge is -2.04. The Hall–Kier alpha value is -1.17. The Balaban J connectivity index is 3.30. The van der Waals surface area contributed by atoms with Crippen LogP contribution in [-0.4, -0.2) is 0 Å². The van der Waals surface area contributed by atoms with Gasteiger partial charge >= 0.3 is 0 Å². The van der Waals surface area contributed by atoms with Crippen LogP contribution < -0.4 is 5.73 Å². The normalized spacial score (nSPS) is 11.0. The van der Waals surface area contributed by atoms with Crippen LogP contribution in [-0.2, 0) is 0 Å². The summed E-state index contributed by atoms with van der Waals surface area (Å²) in [4.78, 5) is 0. The second-order valence-corrected chi connectivity index (χ2v) is 3.14. The third-order valence-electron chi connectivity index (χ3n) is 1.47. The first-order valence-electron chi connectivity index (χ1n) is 3.46. The number of nitriles is 1. The van der Waals surface area contributed by atoms with E-state index in [-0.39, 0.29) is 5.70 Å². The fraction of sp³-hybridized carbons (Fsp3) is 0. The van der Waals surface area contributed by atoms with Crippen molar-refractivity contribution in [1.82, 2.24) is 0 Å². The van der Waals surface area contributed by atoms with Crippen molar-refractivity contribution in [3.8, 4) is 6.07 Å². The highest BCUT2D eigenvalue weighted by Crippen LogP contribution is 2.28. The Morgan fingerprint density at radius 2 is 1.92 bits per heavy atom. The van der Waals surface area contributed by atoms with E-state index in [0.717, 1.165) is 0 Å². The van der Waals surface area contributed by atoms with Crippen molar-refractivity contribution >= 4 is 28.9 Å². The maximum absolute atomic E-state index is 8.39. The van der Waals surface area contributed by atoms with Gasteiger partial charge in [-0.15, -0.1) is 0 Å². The van der Waals surface area contributed by atoms with Crippen molar-refractivity contribution < 1.29 is 0 Å². The molecule has 0 atom stereocenters. The van der Waals surface area contributed by atoms with Crippen LogP contribution >= 0.6 is 23.2 Å². The number of allylic oxidation sites excluding steroid dienone is 1. The largest absolute Gasteiger partial charge is 0.398 e. The van der Waals surface area contributed by atoms with E-state index in [1.165, 1.54) is 6.08 Å². The van der Waals surface area contributed by atoms with Crippen LogP contribution in [0.5, 0.6) is 0 Å². The molecular weight excluding hydrogens is 207 g/mol. The molecule has 66 valence electrons. The summed E-state index contributed by atoms with van der Waals surface area (Å²) in [5, 5.41) is 9.27. The molecule has 0 unspecified atom stereocenters. The Kier molecular flexibility index (Phi) is 3.18. The monoisotopic (exact) mass is 212 g/mol. The fourth-order valence-corrected chi connectivity index (χ4v) is 1.53. The highest BCUT2D eigenvalue weighted by Gasteiger charge is 2.06. The lowest BCUT2D eigenvalue weighted by atomic mass is 10.1. The van der Waals surface area contributed by atoms with Gasteiger partial charge in [0.1, 0.15) is 0 Å². The van der Waals surface area contributed by atoms with Gasteiger partial charge in [-0.05, 0) is 12.1 Å². The Morgan fingerprint density at radius 3 is 2.38 bits per heavy atom. The molecule has 1 rings (SSSR count). The van der Waals surface area contributed by atoms with Gasteiger partial charge in [-0.25, -0.2) is 0 Å². The Labute approximate surface area is 86.2 Å². The predicted molar refractivity (Wildman–Crippen MR) is 54.2 cm³/mol. The molecule has 4 heteroatoms. The molecule has 0 saturated heterocycles. The summed E-state index contributed by atoms with van der Waals surface area (Å²) < 4.78 is 0. The van der Waals surface area contributed by atoms with E-state index in [1.807, 2.05) is 6.07 Å². The van der Waals surface area contributed by atoms with E-state index in [4.69, 9.17) is 34.2 Å². The van der Waals surface area contributed by atoms with Gasteiger partial charge in [0.15, 0.2) is 0 Å². The minimum Gasteiger partial charge on any atom is -0.398 e. The predicted octanol–water partition coefficient (Wildman–Crippen LogP) is 2.82. The first-order chi connectivity index (χ1) is 6.16. The Morgan fingerprint density at radius 1 is 1.38 bits per heavy atom. The zero-order valence-electron chi connectivity index (χ0n) is 6.59. The smallest absolute Gasteiger partial charge is 0.0933 e. The van der Waals surface area contributed by atoms with Crippen LogP contribution in [0.15, 0.2) is 24.3 Å². The molecule has 0 bridgehead atoms. The summed E-state index contributed by atoms with van der Waals surface area (Å²) in [5.41, 5.74) is 6.36. The van der Waals surface area contributed by atoms with Crippen LogP contribution in [0.2, 0.25) is 10.0 Å². The molecular formula is C9H6Cl2N2. The molecule has 0 fully saturated rings. The van der Waals surface area contributed by atoms with Crippen molar-refractivity contribution in [2.24, 2.45) is 5.73 Å². The summed E-state index contributed by atoms with van der Waals surface area (Å²) in [6.45, 7) is 0. The average molecular weight is 213 g/mol. The molecule has 0 heterocycles. The van der Waals surface area contributed by atoms with Crippen molar-refractivity contribution in [2.45, 2.75) is 0 Å². The average Bonchev–Trinajstić information content (AvgIpc) is 2.04. The summed E-state index contributed by atoms with van der Waals surface area (Å²) in [7, 11) is 0. The molecule has 2 N–H and O–H groups in total. The zero-order valence-corrected chi connectivity index (χ0v) is 8.10. The number of benzene rings is 1. The molecule has 0 aliphatic rings. The highest BCUT2D eigenvalue weighted by atomic mass is 35.5. The SMILES string of the molecule is N#C/C=C(\N)c1c(Cl)cccc1Cl. The van der Waals surface area contributed by atoms with Crippen LogP contribution in [0, 0.1) is 11.3 Å². The van der Waals surface area contributed by atoms with E-state index < -0.39 is 0 Å². The summed E-state index contributed by atoms with van der Waals surface area (Å²) in [6, 6.07) is 6.87. The Bertz CT molecular complexity index is 371. The molecule has 13 heavy (non-hydrogen) atoms. The van der Waals surface area contributed by atoms with E-state index >= 15 is 0 Å². The lowest BCUT2D eigenvalue weighted by Crippen LogP contribution is -1.97. The summed E-state index contributed by atoms with van der Waals surface area (Å²) in [5.74, 6) is 0. The third kappa shape index (κ3) is 2.15. The number of rotatable bonds is 1. The molecule has 0 aromatic heterocycles. The number of nitrogens with zero attached hydrogens (tertiary/aromatic N) is 1. The van der Waals surface area contributed by atoms with Crippen molar-refractivity contribution in [3.63, 3.8) is 0 Å². The van der Waals surface area contributed by atoms with E-state index in [1.54, 1.807) is 18.2 Å². The fourth-order valence-electron chi connectivity index (χ4n) is 0.915. The molecule has 0 aliphatic carbocycles. The van der Waals surface area contributed by atoms with Crippen LogP contribution in [0.25, 0.3) is 5.70 Å². The zero-order chi connectivity index (χ0) is 9.84. The van der Waals surface area contributed by atoms with Crippen LogP contribution in [0.4, 0.5) is 0 Å². The molecule has 1 aromatic rings. The van der Waals surface area contributed by atoms with E-state index in [0.29, 0.717) is 15.6 Å². The van der Waals surface area contributed by atoms with Gasteiger partial charge in [-0.2, -0.15) is 5.26 Å². The van der Waals surface area contributed by atoms with Crippen molar-refractivity contribution in [1.29, 1.82) is 5.26 Å². The van der Waals surface area contributed by atoms with Gasteiger partial charge < -0.3 is 5.73 Å². The number of hydrogen-bond donors (Lipinski definition) is 1. The van der Waals surface area contributed by atoms with Gasteiger partial charge in [0.2, 0.25) is 0 Å². The first kappa shape index (κ1) is 9.91. The standard InChI is InChI=1S/C9H6Cl2N2/c10-6-2-1-3-7(11)9(6)8(13)4-5-12/h1-4H,13H2/b8-4-. The molecule has 0 spiro atoms. The second kappa shape index (κ2) is 4.18. The van der Waals surface area contributed by atoms with Gasteiger partial charge in [0.05, 0.1) is 21.8 Å². The third-order valence-corrected chi connectivity index (χ3v) is 2.10. The quantitative estimate of drug-likeness (QED) is 0.729. The molecule has 0 saturated carbocycles. The minimum atomic E-state index is 0.276. The van der Waals surface area contributed by atoms with Gasteiger partial charge in [0.25, 0.3) is 0 Å². The second-order valence-electron chi connectivity index (χ2n) is 2.33. The molecule has 0 radical (unpaired) electrons. The summed E-state index contributed by atoms with van der Waals surface area (Å²) >= 11 is 11.7. The first-order valence-corrected chi connectivity index (χ1v) is 4.22. The molecule has 1 aromatic carbocycles. The molecule has 0 amide bonds. The van der Waals surface area contributed by atoms with Crippen LogP contribution in [0.3, 0.4) is 0 Å². The molecule has 2 nitrogen and oxygen atoms in total. The van der Waals surface area contributed by atoms with Gasteiger partial charge in [-0.1, -0.05) is 29.3 Å². The number of halogens is 2. The van der Waals surface area contributed by atoms with Gasteiger partial charge in [-0.3, -0.25) is 0 Å². The maximum atomic E-state index is 8.39. The highest BCUT2D eigenvalue weighted by molar-refractivity contribution is 6.37. The van der Waals surface area contributed by atoms with Crippen molar-refractivity contribution in [3.05, 3.63) is 39.9 Å². The van der Waals surface area contributed by atoms with E-state index in [2.05, 4.69) is 0 Å². The minimum absolute atomic E-state index is 0.276. The topological polar surface area (TPSA) is 49.8 Å². The van der Waals surface area contributed by atoms with Crippen molar-refractivity contribution in [2.75, 3.05) is 0 Å². The summed E-state index contributed by atoms with van der Waals surface area (Å²) in [6.07, 6.45) is 1.20. The lowest BCUT2D eigenvalue weighted by molar-refractivity contribution is 1.49. The number of hydrogen-bond acceptors (Lipinski definition) is 2. The maximum Gasteiger partial charge on any atom is 0.0933 e. The van der Waals surface area contributed by atoms with Gasteiger partial charge in [0, 0.05) is 11.6 Å².